The van der Waals surface area contributed by atoms with Crippen LogP contribution in [0, 0.1) is 10.8 Å². The van der Waals surface area contributed by atoms with Crippen molar-refractivity contribution in [2.75, 3.05) is 26.2 Å². The summed E-state index contributed by atoms with van der Waals surface area (Å²) in [6.07, 6.45) is 1.98. The lowest BCUT2D eigenvalue weighted by Gasteiger charge is -2.48. The van der Waals surface area contributed by atoms with Crippen LogP contribution in [0.5, 0.6) is 0 Å². The predicted octanol–water partition coefficient (Wildman–Crippen LogP) is 1.17. The van der Waals surface area contributed by atoms with Gasteiger partial charge in [-0.3, -0.25) is 0 Å². The zero-order chi connectivity index (χ0) is 18.8. The summed E-state index contributed by atoms with van der Waals surface area (Å²) in [5.74, 6) is 0. The molecule has 0 bridgehead atoms. The van der Waals surface area contributed by atoms with E-state index in [1.165, 1.54) is 0 Å². The second kappa shape index (κ2) is 7.58. The van der Waals surface area contributed by atoms with Gasteiger partial charge in [0.1, 0.15) is 11.1 Å². The summed E-state index contributed by atoms with van der Waals surface area (Å²) in [4.78, 5) is 0. The van der Waals surface area contributed by atoms with Crippen LogP contribution in [0.3, 0.4) is 0 Å². The van der Waals surface area contributed by atoms with Crippen LogP contribution < -0.4 is 21.4 Å². The molecule has 0 spiro atoms. The summed E-state index contributed by atoms with van der Waals surface area (Å²) in [5.41, 5.74) is 5.89. The quantitative estimate of drug-likeness (QED) is 0.459. The minimum atomic E-state index is -0.118. The zero-order valence-electron chi connectivity index (χ0n) is 17.3. The second-order valence-electron chi connectivity index (χ2n) is 10.7. The molecule has 144 valence electrons. The lowest BCUT2D eigenvalue weighted by Crippen LogP contribution is -3.25. The molecular weight excluding hydrogens is 300 g/mol. The molecule has 1 aliphatic heterocycles. The van der Waals surface area contributed by atoms with Gasteiger partial charge in [-0.25, -0.2) is 5.21 Å². The van der Waals surface area contributed by atoms with Crippen LogP contribution in [0.25, 0.3) is 0 Å². The normalized spacial score (nSPS) is 27.2. The Morgan fingerprint density at radius 3 is 1.88 bits per heavy atom. The summed E-state index contributed by atoms with van der Waals surface area (Å²) in [6, 6.07) is 0.450. The number of nitrogens with one attached hydrogen (secondary N) is 3. The first kappa shape index (κ1) is 21.8. The van der Waals surface area contributed by atoms with Crippen molar-refractivity contribution < 1.29 is 10.3 Å². The Morgan fingerprint density at radius 2 is 1.42 bits per heavy atom. The maximum atomic E-state index is 10.5. The Bertz CT molecular complexity index is 386. The molecule has 5 heteroatoms. The van der Waals surface area contributed by atoms with E-state index >= 15 is 0 Å². The fourth-order valence-corrected chi connectivity index (χ4v) is 3.85. The Balaban J connectivity index is 2.49. The lowest BCUT2D eigenvalue weighted by molar-refractivity contribution is -1.16. The maximum absolute atomic E-state index is 10.5. The smallest absolute Gasteiger partial charge is 0.123 e. The molecule has 24 heavy (non-hydrogen) atoms. The highest BCUT2D eigenvalue weighted by atomic mass is 16.5. The van der Waals surface area contributed by atoms with Gasteiger partial charge in [0.2, 0.25) is 0 Å². The van der Waals surface area contributed by atoms with Crippen LogP contribution in [-0.2, 0) is 0 Å². The Hall–Kier alpha value is -0.200. The molecule has 1 rings (SSSR count). The number of hydroxylamine groups is 2. The van der Waals surface area contributed by atoms with E-state index in [1.54, 1.807) is 0 Å². The topological polar surface area (TPSA) is 74.8 Å². The first-order valence-electron chi connectivity index (χ1n) is 9.42. The fourth-order valence-electron chi connectivity index (χ4n) is 3.85. The average Bonchev–Trinajstić information content (AvgIpc) is 2.42. The summed E-state index contributed by atoms with van der Waals surface area (Å²) < 4.78 is 0. The van der Waals surface area contributed by atoms with E-state index in [4.69, 9.17) is 5.73 Å². The van der Waals surface area contributed by atoms with Crippen molar-refractivity contribution in [1.82, 2.24) is 10.6 Å². The maximum Gasteiger partial charge on any atom is 0.123 e. The van der Waals surface area contributed by atoms with Crippen molar-refractivity contribution in [2.24, 2.45) is 16.6 Å². The SMILES string of the molecule is CC(C)(CN)CNCC(C)(C)CNC1CC(C)(C)[NH+](O)C(C)(C)C1. The summed E-state index contributed by atoms with van der Waals surface area (Å²) >= 11 is 0. The van der Waals surface area contributed by atoms with Gasteiger partial charge in [-0.05, 0) is 45.1 Å². The predicted molar refractivity (Wildman–Crippen MR) is 101 cm³/mol. The Morgan fingerprint density at radius 1 is 0.958 bits per heavy atom. The van der Waals surface area contributed by atoms with Crippen LogP contribution >= 0.6 is 0 Å². The number of nitrogens with two attached hydrogens (primary N) is 1. The van der Waals surface area contributed by atoms with Gasteiger partial charge in [-0.2, -0.15) is 5.06 Å². The first-order valence-corrected chi connectivity index (χ1v) is 9.42. The molecule has 0 aromatic heterocycles. The molecule has 0 unspecified atom stereocenters. The number of quaternary nitrogens is 1. The van der Waals surface area contributed by atoms with Crippen LogP contribution in [0.2, 0.25) is 0 Å². The van der Waals surface area contributed by atoms with Gasteiger partial charge in [0.25, 0.3) is 0 Å². The summed E-state index contributed by atoms with van der Waals surface area (Å²) in [5, 5.41) is 18.5. The zero-order valence-corrected chi connectivity index (χ0v) is 17.3. The Kier molecular flexibility index (Phi) is 6.90. The summed E-state index contributed by atoms with van der Waals surface area (Å²) in [7, 11) is 0. The minimum absolute atomic E-state index is 0.118. The van der Waals surface area contributed by atoms with Crippen molar-refractivity contribution in [3.05, 3.63) is 0 Å². The van der Waals surface area contributed by atoms with E-state index in [0.29, 0.717) is 17.6 Å². The van der Waals surface area contributed by atoms with Gasteiger partial charge < -0.3 is 16.4 Å². The number of rotatable bonds is 8. The fraction of sp³-hybridized carbons (Fsp3) is 1.00. The van der Waals surface area contributed by atoms with E-state index in [-0.39, 0.29) is 21.9 Å². The van der Waals surface area contributed by atoms with Gasteiger partial charge >= 0.3 is 0 Å². The second-order valence-corrected chi connectivity index (χ2v) is 10.7. The van der Waals surface area contributed by atoms with Crippen molar-refractivity contribution in [3.8, 4) is 0 Å². The third kappa shape index (κ3) is 6.26. The van der Waals surface area contributed by atoms with Crippen LogP contribution in [-0.4, -0.2) is 48.5 Å². The molecule has 5 nitrogen and oxygen atoms in total. The van der Waals surface area contributed by atoms with Gasteiger partial charge in [0, 0.05) is 38.5 Å². The number of hydrogen-bond acceptors (Lipinski definition) is 4. The molecule has 1 fully saturated rings. The highest BCUT2D eigenvalue weighted by Gasteiger charge is 2.49. The summed E-state index contributed by atoms with van der Waals surface area (Å²) in [6.45, 7) is 21.2. The lowest BCUT2D eigenvalue weighted by atomic mass is 9.78. The molecule has 6 N–H and O–H groups in total. The van der Waals surface area contributed by atoms with Crippen molar-refractivity contribution in [1.29, 1.82) is 0 Å². The number of hydrogen-bond donors (Lipinski definition) is 5. The van der Waals surface area contributed by atoms with E-state index in [0.717, 1.165) is 32.5 Å². The molecule has 1 aliphatic rings. The van der Waals surface area contributed by atoms with Crippen LogP contribution in [0.1, 0.15) is 68.2 Å². The third-order valence-corrected chi connectivity index (χ3v) is 5.42. The number of piperidine rings is 1. The molecule has 0 aliphatic carbocycles. The highest BCUT2D eigenvalue weighted by molar-refractivity contribution is 4.90. The molecule has 1 saturated heterocycles. The van der Waals surface area contributed by atoms with Crippen LogP contribution in [0.4, 0.5) is 0 Å². The molecule has 0 atom stereocenters. The standard InChI is InChI=1S/C19H42N4O/c1-16(2,11-20)12-21-13-17(3,4)14-22-15-9-18(5,6)23(24)19(7,8)10-15/h15,21-22,24H,9-14,20H2,1-8H3/p+1. The molecular formula is C19H43N4O+. The monoisotopic (exact) mass is 343 g/mol. The third-order valence-electron chi connectivity index (χ3n) is 5.42. The van der Waals surface area contributed by atoms with E-state index < -0.39 is 0 Å². The average molecular weight is 344 g/mol. The van der Waals surface area contributed by atoms with Crippen LogP contribution in [0.15, 0.2) is 0 Å². The first-order chi connectivity index (χ1) is 10.7. The van der Waals surface area contributed by atoms with Gasteiger partial charge in [-0.1, -0.05) is 27.7 Å². The minimum Gasteiger partial charge on any atom is -0.330 e. The van der Waals surface area contributed by atoms with Gasteiger partial charge in [0.15, 0.2) is 0 Å². The molecule has 0 aromatic rings. The highest BCUT2D eigenvalue weighted by Crippen LogP contribution is 2.24. The van der Waals surface area contributed by atoms with Crippen molar-refractivity contribution in [3.63, 3.8) is 0 Å². The Labute approximate surface area is 149 Å². The molecule has 0 aromatic carbocycles. The van der Waals surface area contributed by atoms with Crippen molar-refractivity contribution >= 4 is 0 Å². The molecule has 0 saturated carbocycles. The molecule has 1 heterocycles. The van der Waals surface area contributed by atoms with Crippen molar-refractivity contribution in [2.45, 2.75) is 85.4 Å². The van der Waals surface area contributed by atoms with E-state index in [9.17, 15) is 5.21 Å². The van der Waals surface area contributed by atoms with Gasteiger partial charge in [0.05, 0.1) is 0 Å². The van der Waals surface area contributed by atoms with E-state index in [2.05, 4.69) is 66.0 Å². The van der Waals surface area contributed by atoms with Gasteiger partial charge in [-0.15, -0.1) is 0 Å². The van der Waals surface area contributed by atoms with E-state index in [1.807, 2.05) is 0 Å². The molecule has 0 radical (unpaired) electrons. The largest absolute Gasteiger partial charge is 0.330 e. The molecule has 0 amide bonds.